The Hall–Kier alpha value is -1.44. The zero-order chi connectivity index (χ0) is 12.6. The van der Waals surface area contributed by atoms with Crippen molar-refractivity contribution in [2.45, 2.75) is 25.4 Å². The molecule has 1 aromatic rings. The largest absolute Gasteiger partial charge is 0.394 e. The highest BCUT2D eigenvalue weighted by Gasteiger charge is 2.41. The molecule has 3 N–H and O–H groups in total. The van der Waals surface area contributed by atoms with Crippen molar-refractivity contribution in [1.29, 1.82) is 0 Å². The minimum absolute atomic E-state index is 0.319. The van der Waals surface area contributed by atoms with Gasteiger partial charge in [0.05, 0.1) is 12.7 Å². The molecule has 1 aromatic heterocycles. The summed E-state index contributed by atoms with van der Waals surface area (Å²) in [5, 5.41) is 18.8. The molecule has 1 aliphatic rings. The molecule has 2 rings (SSSR count). The van der Waals surface area contributed by atoms with Crippen molar-refractivity contribution in [2.24, 2.45) is 5.92 Å². The molecular formula is C10H14N2O5. The van der Waals surface area contributed by atoms with Crippen LogP contribution in [0.4, 0.5) is 0 Å². The molecule has 7 nitrogen and oxygen atoms in total. The molecule has 0 aliphatic carbocycles. The molecule has 0 spiro atoms. The topological polar surface area (TPSA) is 105 Å². The first-order valence-electron chi connectivity index (χ1n) is 5.30. The molecule has 1 fully saturated rings. The van der Waals surface area contributed by atoms with Crippen LogP contribution in [0.15, 0.2) is 21.9 Å². The van der Waals surface area contributed by atoms with Gasteiger partial charge in [0, 0.05) is 18.2 Å². The summed E-state index contributed by atoms with van der Waals surface area (Å²) in [4.78, 5) is 24.6. The van der Waals surface area contributed by atoms with Crippen LogP contribution in [0.2, 0.25) is 0 Å². The first kappa shape index (κ1) is 12.0. The van der Waals surface area contributed by atoms with E-state index in [1.54, 1.807) is 6.92 Å². The molecule has 0 unspecified atom stereocenters. The fraction of sp³-hybridized carbons (Fsp3) is 0.600. The number of aliphatic hydroxyl groups is 2. The number of hydrogen-bond donors (Lipinski definition) is 3. The first-order valence-corrected chi connectivity index (χ1v) is 5.30. The van der Waals surface area contributed by atoms with Crippen LogP contribution < -0.4 is 11.2 Å². The van der Waals surface area contributed by atoms with Gasteiger partial charge in [0.2, 0.25) is 0 Å². The molecule has 7 heteroatoms. The number of hydrogen-bond acceptors (Lipinski definition) is 5. The predicted molar refractivity (Wildman–Crippen MR) is 57.5 cm³/mol. The van der Waals surface area contributed by atoms with Crippen molar-refractivity contribution < 1.29 is 14.9 Å². The van der Waals surface area contributed by atoms with Crippen LogP contribution >= 0.6 is 0 Å². The first-order chi connectivity index (χ1) is 8.04. The van der Waals surface area contributed by atoms with Crippen molar-refractivity contribution in [3.05, 3.63) is 33.1 Å². The Bertz CT molecular complexity index is 508. The van der Waals surface area contributed by atoms with E-state index in [1.807, 2.05) is 0 Å². The molecule has 17 heavy (non-hydrogen) atoms. The molecule has 1 aliphatic heterocycles. The highest BCUT2D eigenvalue weighted by Crippen LogP contribution is 2.32. The Morgan fingerprint density at radius 1 is 1.53 bits per heavy atom. The molecule has 2 heterocycles. The summed E-state index contributed by atoms with van der Waals surface area (Å²) in [7, 11) is 0. The normalized spacial score (nSPS) is 32.9. The highest BCUT2D eigenvalue weighted by atomic mass is 16.5. The van der Waals surface area contributed by atoms with Crippen molar-refractivity contribution in [1.82, 2.24) is 9.55 Å². The predicted octanol–water partition coefficient (Wildman–Crippen LogP) is -1.58. The summed E-state index contributed by atoms with van der Waals surface area (Å²) in [6, 6.07) is 1.20. The van der Waals surface area contributed by atoms with E-state index in [0.717, 1.165) is 0 Å². The number of H-pyrrole nitrogens is 1. The molecular weight excluding hydrogens is 228 g/mol. The summed E-state index contributed by atoms with van der Waals surface area (Å²) in [5.41, 5.74) is -1.09. The van der Waals surface area contributed by atoms with Gasteiger partial charge in [-0.3, -0.25) is 14.3 Å². The summed E-state index contributed by atoms with van der Waals surface area (Å²) in [6.07, 6.45) is -0.932. The van der Waals surface area contributed by atoms with Gasteiger partial charge < -0.3 is 14.9 Å². The summed E-state index contributed by atoms with van der Waals surface area (Å²) < 4.78 is 6.58. The van der Waals surface area contributed by atoms with Gasteiger partial charge in [0.1, 0.15) is 12.3 Å². The second-order valence-electron chi connectivity index (χ2n) is 4.11. The average Bonchev–Trinajstić information content (AvgIpc) is 2.57. The van der Waals surface area contributed by atoms with Gasteiger partial charge >= 0.3 is 5.69 Å². The summed E-state index contributed by atoms with van der Waals surface area (Å²) in [6.45, 7) is 1.39. The molecule has 0 aromatic carbocycles. The van der Waals surface area contributed by atoms with Gasteiger partial charge in [-0.25, -0.2) is 4.79 Å². The molecule has 0 amide bonds. The van der Waals surface area contributed by atoms with Gasteiger partial charge in [-0.1, -0.05) is 6.92 Å². The zero-order valence-corrected chi connectivity index (χ0v) is 9.24. The molecule has 94 valence electrons. The number of nitrogens with zero attached hydrogens (tertiary/aromatic N) is 1. The van der Waals surface area contributed by atoms with Gasteiger partial charge in [0.25, 0.3) is 5.56 Å². The third-order valence-electron chi connectivity index (χ3n) is 2.99. The van der Waals surface area contributed by atoms with E-state index in [9.17, 15) is 14.7 Å². The maximum Gasteiger partial charge on any atom is 0.330 e. The van der Waals surface area contributed by atoms with Gasteiger partial charge in [-0.2, -0.15) is 0 Å². The fourth-order valence-electron chi connectivity index (χ4n) is 1.99. The third kappa shape index (κ3) is 2.04. The van der Waals surface area contributed by atoms with Crippen molar-refractivity contribution in [3.63, 3.8) is 0 Å². The molecule has 1 saturated heterocycles. The van der Waals surface area contributed by atoms with Crippen LogP contribution in [-0.4, -0.2) is 38.6 Å². The van der Waals surface area contributed by atoms with E-state index in [-0.39, 0.29) is 12.5 Å². The number of nitrogens with one attached hydrogen (secondary N) is 1. The standard InChI is InChI=1S/C10H14N2O5/c1-5-8(15)6(4-13)17-9(5)12-3-2-7(14)11-10(12)16/h2-3,5-6,8-9,13,15H,4H2,1H3,(H,11,14,16)/t5-,6+,8+,9+/m0/s1. The molecule has 0 saturated carbocycles. The fourth-order valence-corrected chi connectivity index (χ4v) is 1.99. The van der Waals surface area contributed by atoms with E-state index >= 15 is 0 Å². The molecule has 4 atom stereocenters. The highest BCUT2D eigenvalue weighted by molar-refractivity contribution is 4.91. The van der Waals surface area contributed by atoms with Gasteiger partial charge in [-0.15, -0.1) is 0 Å². The van der Waals surface area contributed by atoms with E-state index in [0.29, 0.717) is 0 Å². The van der Waals surface area contributed by atoms with Crippen molar-refractivity contribution in [3.8, 4) is 0 Å². The lowest BCUT2D eigenvalue weighted by Crippen LogP contribution is -2.33. The van der Waals surface area contributed by atoms with Crippen LogP contribution in [0.3, 0.4) is 0 Å². The second-order valence-corrected chi connectivity index (χ2v) is 4.11. The Labute approximate surface area is 96.3 Å². The van der Waals surface area contributed by atoms with Gasteiger partial charge in [0.15, 0.2) is 0 Å². The number of ether oxygens (including phenoxy) is 1. The third-order valence-corrected chi connectivity index (χ3v) is 2.99. The summed E-state index contributed by atoms with van der Waals surface area (Å²) >= 11 is 0. The maximum absolute atomic E-state index is 11.6. The number of aliphatic hydroxyl groups excluding tert-OH is 2. The van der Waals surface area contributed by atoms with Crippen LogP contribution in [0.25, 0.3) is 0 Å². The second kappa shape index (κ2) is 4.44. The number of aromatic nitrogens is 2. The quantitative estimate of drug-likeness (QED) is 0.580. The van der Waals surface area contributed by atoms with E-state index in [4.69, 9.17) is 9.84 Å². The lowest BCUT2D eigenvalue weighted by Gasteiger charge is -2.17. The minimum Gasteiger partial charge on any atom is -0.394 e. The van der Waals surface area contributed by atoms with E-state index in [1.165, 1.54) is 16.8 Å². The van der Waals surface area contributed by atoms with Crippen molar-refractivity contribution in [2.75, 3.05) is 6.61 Å². The zero-order valence-electron chi connectivity index (χ0n) is 9.24. The van der Waals surface area contributed by atoms with Gasteiger partial charge in [-0.05, 0) is 0 Å². The number of rotatable bonds is 2. The Balaban J connectivity index is 2.35. The smallest absolute Gasteiger partial charge is 0.330 e. The monoisotopic (exact) mass is 242 g/mol. The average molecular weight is 242 g/mol. The lowest BCUT2D eigenvalue weighted by molar-refractivity contribution is -0.0477. The Morgan fingerprint density at radius 2 is 2.24 bits per heavy atom. The van der Waals surface area contributed by atoms with Crippen LogP contribution in [0.1, 0.15) is 13.2 Å². The van der Waals surface area contributed by atoms with Crippen molar-refractivity contribution >= 4 is 0 Å². The van der Waals surface area contributed by atoms with E-state index < -0.39 is 29.7 Å². The van der Waals surface area contributed by atoms with Crippen LogP contribution in [0.5, 0.6) is 0 Å². The van der Waals surface area contributed by atoms with Crippen LogP contribution in [0, 0.1) is 5.92 Å². The Kier molecular flexibility index (Phi) is 3.14. The maximum atomic E-state index is 11.6. The summed E-state index contributed by atoms with van der Waals surface area (Å²) in [5.74, 6) is -0.351. The molecule has 0 bridgehead atoms. The molecule has 0 radical (unpaired) electrons. The SMILES string of the molecule is C[C@H]1[C@@H](O)[C@@H](CO)O[C@H]1n1ccc(=O)[nH]c1=O. The minimum atomic E-state index is -0.844. The van der Waals surface area contributed by atoms with E-state index in [2.05, 4.69) is 4.98 Å². The van der Waals surface area contributed by atoms with Crippen LogP contribution in [-0.2, 0) is 4.74 Å². The Morgan fingerprint density at radius 3 is 2.76 bits per heavy atom. The number of aromatic amines is 1. The lowest BCUT2D eigenvalue weighted by atomic mass is 10.0.